The largest absolute Gasteiger partial charge is 0.207 e. The summed E-state index contributed by atoms with van der Waals surface area (Å²) in [4.78, 5) is 0. The van der Waals surface area contributed by atoms with Crippen molar-refractivity contribution in [1.82, 2.24) is 0 Å². The van der Waals surface area contributed by atoms with Gasteiger partial charge >= 0.3 is 0 Å². The van der Waals surface area contributed by atoms with E-state index in [1.165, 1.54) is 12.1 Å². The first-order valence-electron chi connectivity index (χ1n) is 6.32. The summed E-state index contributed by atoms with van der Waals surface area (Å²) in [6.45, 7) is 0. The molecule has 0 amide bonds. The molecule has 0 nitrogen and oxygen atoms in total. The molecule has 0 saturated carbocycles. The molecule has 0 spiro atoms. The van der Waals surface area contributed by atoms with Crippen LogP contribution in [0.1, 0.15) is 11.1 Å². The molecule has 0 saturated heterocycles. The lowest BCUT2D eigenvalue weighted by atomic mass is 9.79. The number of rotatable bonds is 5. The molecule has 2 aromatic rings. The van der Waals surface area contributed by atoms with E-state index in [2.05, 4.69) is 15.9 Å². The highest BCUT2D eigenvalue weighted by Gasteiger charge is 2.31. The first-order chi connectivity index (χ1) is 9.99. The third-order valence-electron chi connectivity index (χ3n) is 3.43. The zero-order chi connectivity index (χ0) is 15.5. The molecule has 0 aliphatic heterocycles. The Bertz CT molecular complexity index is 590. The third-order valence-corrected chi connectivity index (χ3v) is 4.98. The van der Waals surface area contributed by atoms with Gasteiger partial charge in [-0.25, -0.2) is 8.78 Å². The molecule has 5 heteroatoms. The van der Waals surface area contributed by atoms with Crippen LogP contribution in [0.4, 0.5) is 8.78 Å². The summed E-state index contributed by atoms with van der Waals surface area (Å²) in [7, 11) is 0. The zero-order valence-corrected chi connectivity index (χ0v) is 14.2. The smallest absolute Gasteiger partial charge is 0.126 e. The van der Waals surface area contributed by atoms with Crippen molar-refractivity contribution in [3.8, 4) is 0 Å². The predicted molar refractivity (Wildman–Crippen MR) is 87.3 cm³/mol. The maximum atomic E-state index is 13.4. The number of hydrogen-bond acceptors (Lipinski definition) is 0. The Morgan fingerprint density at radius 2 is 1.43 bits per heavy atom. The van der Waals surface area contributed by atoms with Gasteiger partial charge in [0, 0.05) is 27.7 Å². The van der Waals surface area contributed by atoms with E-state index >= 15 is 0 Å². The van der Waals surface area contributed by atoms with Crippen molar-refractivity contribution in [3.05, 3.63) is 69.7 Å². The molecule has 0 aliphatic carbocycles. The molecule has 0 aliphatic rings. The predicted octanol–water partition coefficient (Wildman–Crippen LogP) is 5.69. The van der Waals surface area contributed by atoms with Gasteiger partial charge in [-0.2, -0.15) is 0 Å². The van der Waals surface area contributed by atoms with E-state index in [1.54, 1.807) is 0 Å². The SMILES string of the molecule is Fc1cc(F)cc(CC(CCl)(CCl)c2ccc(Br)cc2)c1. The number of halogens is 5. The van der Waals surface area contributed by atoms with Crippen LogP contribution in [0.25, 0.3) is 0 Å². The van der Waals surface area contributed by atoms with E-state index in [-0.39, 0.29) is 11.8 Å². The van der Waals surface area contributed by atoms with Crippen LogP contribution < -0.4 is 0 Å². The molecule has 0 unspecified atom stereocenters. The van der Waals surface area contributed by atoms with Gasteiger partial charge in [0.2, 0.25) is 0 Å². The number of benzene rings is 2. The fourth-order valence-electron chi connectivity index (χ4n) is 2.29. The molecular formula is C16H13BrCl2F2. The highest BCUT2D eigenvalue weighted by atomic mass is 79.9. The van der Waals surface area contributed by atoms with E-state index < -0.39 is 17.0 Å². The standard InChI is InChI=1S/C16H13BrCl2F2/c17-13-3-1-12(2-4-13)16(9-18,10-19)8-11-5-14(20)7-15(21)6-11/h1-7H,8-10H2. The van der Waals surface area contributed by atoms with Crippen LogP contribution in [0.3, 0.4) is 0 Å². The van der Waals surface area contributed by atoms with E-state index in [9.17, 15) is 8.78 Å². The second-order valence-corrected chi connectivity index (χ2v) is 6.46. The van der Waals surface area contributed by atoms with Crippen molar-refractivity contribution in [3.63, 3.8) is 0 Å². The summed E-state index contributed by atoms with van der Waals surface area (Å²) in [6.07, 6.45) is 0.371. The minimum absolute atomic E-state index is 0.260. The molecule has 0 N–H and O–H groups in total. The van der Waals surface area contributed by atoms with Crippen LogP contribution >= 0.6 is 39.1 Å². The minimum atomic E-state index is -0.598. The highest BCUT2D eigenvalue weighted by Crippen LogP contribution is 2.33. The fraction of sp³-hybridized carbons (Fsp3) is 0.250. The summed E-state index contributed by atoms with van der Waals surface area (Å²) in [5, 5.41) is 0. The van der Waals surface area contributed by atoms with Crippen LogP contribution in [0.5, 0.6) is 0 Å². The van der Waals surface area contributed by atoms with Crippen LogP contribution in [0, 0.1) is 11.6 Å². The maximum absolute atomic E-state index is 13.4. The lowest BCUT2D eigenvalue weighted by Gasteiger charge is -2.30. The normalized spacial score (nSPS) is 11.7. The van der Waals surface area contributed by atoms with Crippen molar-refractivity contribution in [2.45, 2.75) is 11.8 Å². The molecule has 0 radical (unpaired) electrons. The van der Waals surface area contributed by atoms with Crippen molar-refractivity contribution in [2.75, 3.05) is 11.8 Å². The van der Waals surface area contributed by atoms with Crippen molar-refractivity contribution >= 4 is 39.1 Å². The Morgan fingerprint density at radius 3 is 1.90 bits per heavy atom. The molecule has 2 aromatic carbocycles. The van der Waals surface area contributed by atoms with Crippen molar-refractivity contribution < 1.29 is 8.78 Å². The summed E-state index contributed by atoms with van der Waals surface area (Å²) >= 11 is 15.7. The van der Waals surface area contributed by atoms with Crippen molar-refractivity contribution in [1.29, 1.82) is 0 Å². The second-order valence-electron chi connectivity index (χ2n) is 5.01. The van der Waals surface area contributed by atoms with Gasteiger partial charge in [0.25, 0.3) is 0 Å². The summed E-state index contributed by atoms with van der Waals surface area (Å²) in [6, 6.07) is 11.1. The fourth-order valence-corrected chi connectivity index (χ4v) is 3.34. The molecule has 21 heavy (non-hydrogen) atoms. The van der Waals surface area contributed by atoms with Gasteiger partial charge in [0.1, 0.15) is 11.6 Å². The third kappa shape index (κ3) is 3.97. The molecule has 0 heterocycles. The molecule has 0 aromatic heterocycles. The molecule has 0 atom stereocenters. The van der Waals surface area contributed by atoms with E-state index in [1.807, 2.05) is 24.3 Å². The summed E-state index contributed by atoms with van der Waals surface area (Å²) in [5.41, 5.74) is 0.918. The van der Waals surface area contributed by atoms with Crippen LogP contribution in [0.2, 0.25) is 0 Å². The molecule has 112 valence electrons. The Morgan fingerprint density at radius 1 is 0.905 bits per heavy atom. The Kier molecular flexibility index (Phi) is 5.64. The number of alkyl halides is 2. The van der Waals surface area contributed by atoms with Gasteiger partial charge in [0.05, 0.1) is 0 Å². The average molecular weight is 394 g/mol. The lowest BCUT2D eigenvalue weighted by molar-refractivity contribution is 0.525. The quantitative estimate of drug-likeness (QED) is 0.572. The van der Waals surface area contributed by atoms with E-state index in [0.717, 1.165) is 16.1 Å². The monoisotopic (exact) mass is 392 g/mol. The molecule has 2 rings (SSSR count). The zero-order valence-electron chi connectivity index (χ0n) is 11.1. The Balaban J connectivity index is 2.40. The Hall–Kier alpha value is -0.640. The van der Waals surface area contributed by atoms with Gasteiger partial charge in [-0.3, -0.25) is 0 Å². The molecule has 0 bridgehead atoms. The van der Waals surface area contributed by atoms with Crippen LogP contribution in [0.15, 0.2) is 46.9 Å². The topological polar surface area (TPSA) is 0 Å². The van der Waals surface area contributed by atoms with Gasteiger partial charge in [0.15, 0.2) is 0 Å². The van der Waals surface area contributed by atoms with E-state index in [0.29, 0.717) is 12.0 Å². The molecular weight excluding hydrogens is 381 g/mol. The molecule has 0 fully saturated rings. The maximum Gasteiger partial charge on any atom is 0.126 e. The lowest BCUT2D eigenvalue weighted by Crippen LogP contribution is -2.33. The highest BCUT2D eigenvalue weighted by molar-refractivity contribution is 9.10. The first kappa shape index (κ1) is 16.7. The summed E-state index contributed by atoms with van der Waals surface area (Å²) < 4.78 is 27.7. The Labute approximate surface area is 141 Å². The van der Waals surface area contributed by atoms with Gasteiger partial charge in [-0.05, 0) is 41.8 Å². The first-order valence-corrected chi connectivity index (χ1v) is 8.18. The van der Waals surface area contributed by atoms with Crippen LogP contribution in [-0.2, 0) is 11.8 Å². The van der Waals surface area contributed by atoms with Gasteiger partial charge < -0.3 is 0 Å². The second kappa shape index (κ2) is 7.08. The van der Waals surface area contributed by atoms with Gasteiger partial charge in [-0.15, -0.1) is 23.2 Å². The number of hydrogen-bond donors (Lipinski definition) is 0. The van der Waals surface area contributed by atoms with Crippen LogP contribution in [-0.4, -0.2) is 11.8 Å². The van der Waals surface area contributed by atoms with Crippen molar-refractivity contribution in [2.24, 2.45) is 0 Å². The summed E-state index contributed by atoms with van der Waals surface area (Å²) in [5.74, 6) is -0.676. The average Bonchev–Trinajstić information content (AvgIpc) is 2.45. The van der Waals surface area contributed by atoms with Gasteiger partial charge in [-0.1, -0.05) is 28.1 Å². The van der Waals surface area contributed by atoms with E-state index in [4.69, 9.17) is 23.2 Å². The minimum Gasteiger partial charge on any atom is -0.207 e.